The molecule has 6 nitrogen and oxygen atoms in total. The minimum atomic E-state index is -4.59. The minimum Gasteiger partial charge on any atom is -0.317 e. The number of aromatic amines is 1. The van der Waals surface area contributed by atoms with Crippen LogP contribution in [-0.4, -0.2) is 34.2 Å². The maximum Gasteiger partial charge on any atom is 0.451 e. The van der Waals surface area contributed by atoms with Gasteiger partial charge in [-0.05, 0) is 37.8 Å². The lowest BCUT2D eigenvalue weighted by Gasteiger charge is -2.22. The summed E-state index contributed by atoms with van der Waals surface area (Å²) in [6, 6.07) is 0. The van der Waals surface area contributed by atoms with Crippen molar-refractivity contribution in [3.8, 4) is 0 Å². The van der Waals surface area contributed by atoms with Crippen molar-refractivity contribution in [3.63, 3.8) is 0 Å². The lowest BCUT2D eigenvalue weighted by atomic mass is 9.92. The average molecular weight is 289 g/mol. The van der Waals surface area contributed by atoms with E-state index in [1.807, 2.05) is 0 Å². The average Bonchev–Trinajstić information content (AvgIpc) is 2.85. The molecule has 20 heavy (non-hydrogen) atoms. The van der Waals surface area contributed by atoms with Crippen LogP contribution < -0.4 is 10.6 Å². The molecule has 1 amide bonds. The largest absolute Gasteiger partial charge is 0.451 e. The van der Waals surface area contributed by atoms with Gasteiger partial charge >= 0.3 is 6.18 Å². The summed E-state index contributed by atoms with van der Waals surface area (Å²) in [5.74, 6) is -1.96. The fourth-order valence-corrected chi connectivity index (χ4v) is 2.84. The number of nitrogens with one attached hydrogen (secondary N) is 3. The van der Waals surface area contributed by atoms with Crippen molar-refractivity contribution in [2.75, 3.05) is 18.4 Å². The molecule has 2 heterocycles. The molecule has 0 bridgehead atoms. The molecule has 1 aliphatic heterocycles. The highest BCUT2D eigenvalue weighted by molar-refractivity contribution is 5.93. The highest BCUT2D eigenvalue weighted by Gasteiger charge is 2.57. The Hall–Kier alpha value is -1.64. The van der Waals surface area contributed by atoms with Gasteiger partial charge in [-0.1, -0.05) is 0 Å². The number of nitrogens with zero attached hydrogens (tertiary/aromatic N) is 2. The standard InChI is InChI=1S/C11H14F3N5O/c12-11(13,14)8-17-9(19-18-8)16-7(20)6-5-10(6)1-3-15-4-2-10/h6,15H,1-5H2,(H2,16,17,18,19,20). The number of amides is 1. The number of hydrogen-bond donors (Lipinski definition) is 3. The number of aromatic nitrogens is 3. The summed E-state index contributed by atoms with van der Waals surface area (Å²) in [4.78, 5) is 15.2. The van der Waals surface area contributed by atoms with Crippen LogP contribution in [0.3, 0.4) is 0 Å². The van der Waals surface area contributed by atoms with Crippen molar-refractivity contribution in [2.45, 2.75) is 25.4 Å². The Labute approximate surface area is 112 Å². The first kappa shape index (κ1) is 13.3. The summed E-state index contributed by atoms with van der Waals surface area (Å²) in [7, 11) is 0. The van der Waals surface area contributed by atoms with E-state index in [0.29, 0.717) is 0 Å². The fourth-order valence-electron chi connectivity index (χ4n) is 2.84. The first-order valence-electron chi connectivity index (χ1n) is 6.42. The van der Waals surface area contributed by atoms with Crippen LogP contribution >= 0.6 is 0 Å². The van der Waals surface area contributed by atoms with Gasteiger partial charge in [-0.25, -0.2) is 0 Å². The zero-order chi connectivity index (χ0) is 14.4. The van der Waals surface area contributed by atoms with Crippen LogP contribution in [0, 0.1) is 11.3 Å². The molecule has 1 saturated heterocycles. The number of H-pyrrole nitrogens is 1. The van der Waals surface area contributed by atoms with Crippen LogP contribution in [-0.2, 0) is 11.0 Å². The molecule has 0 radical (unpaired) electrons. The maximum absolute atomic E-state index is 12.3. The third-order valence-corrected chi connectivity index (χ3v) is 4.09. The number of anilines is 1. The third-order valence-electron chi connectivity index (χ3n) is 4.09. The van der Waals surface area contributed by atoms with Crippen LogP contribution in [0.15, 0.2) is 0 Å². The molecule has 9 heteroatoms. The number of piperidine rings is 1. The van der Waals surface area contributed by atoms with Gasteiger partial charge in [-0.3, -0.25) is 15.2 Å². The van der Waals surface area contributed by atoms with Gasteiger partial charge < -0.3 is 5.32 Å². The molecular weight excluding hydrogens is 275 g/mol. The van der Waals surface area contributed by atoms with Gasteiger partial charge in [-0.15, -0.1) is 5.10 Å². The Bertz CT molecular complexity index is 520. The molecule has 1 saturated carbocycles. The van der Waals surface area contributed by atoms with Crippen molar-refractivity contribution in [2.24, 2.45) is 11.3 Å². The molecule has 1 aliphatic carbocycles. The smallest absolute Gasteiger partial charge is 0.317 e. The third kappa shape index (κ3) is 2.37. The topological polar surface area (TPSA) is 82.7 Å². The van der Waals surface area contributed by atoms with Crippen LogP contribution in [0.5, 0.6) is 0 Å². The monoisotopic (exact) mass is 289 g/mol. The molecule has 3 N–H and O–H groups in total. The van der Waals surface area contributed by atoms with Gasteiger partial charge in [0.2, 0.25) is 17.7 Å². The summed E-state index contributed by atoms with van der Waals surface area (Å²) in [6.45, 7) is 1.76. The lowest BCUT2D eigenvalue weighted by Crippen LogP contribution is -2.31. The van der Waals surface area contributed by atoms with E-state index < -0.39 is 12.0 Å². The Morgan fingerprint density at radius 1 is 1.35 bits per heavy atom. The second kappa shape index (κ2) is 4.44. The molecule has 1 atom stereocenters. The summed E-state index contributed by atoms with van der Waals surface area (Å²) in [5, 5.41) is 10.7. The molecule has 110 valence electrons. The summed E-state index contributed by atoms with van der Waals surface area (Å²) >= 11 is 0. The molecule has 2 aliphatic rings. The Balaban J connectivity index is 1.61. The van der Waals surface area contributed by atoms with E-state index in [-0.39, 0.29) is 23.2 Å². The van der Waals surface area contributed by atoms with E-state index in [9.17, 15) is 18.0 Å². The predicted octanol–water partition coefficient (Wildman–Crippen LogP) is 1.15. The van der Waals surface area contributed by atoms with Crippen LogP contribution in [0.1, 0.15) is 25.1 Å². The van der Waals surface area contributed by atoms with Gasteiger partial charge in [0, 0.05) is 5.92 Å². The summed E-state index contributed by atoms with van der Waals surface area (Å²) < 4.78 is 37.0. The number of alkyl halides is 3. The van der Waals surface area contributed by atoms with E-state index >= 15 is 0 Å². The van der Waals surface area contributed by atoms with Gasteiger partial charge in [0.25, 0.3) is 0 Å². The molecule has 3 rings (SSSR count). The fraction of sp³-hybridized carbons (Fsp3) is 0.727. The highest BCUT2D eigenvalue weighted by Crippen LogP contribution is 2.58. The molecule has 1 spiro atoms. The van der Waals surface area contributed by atoms with E-state index in [1.54, 1.807) is 5.10 Å². The first-order valence-corrected chi connectivity index (χ1v) is 6.42. The molecule has 1 aromatic rings. The van der Waals surface area contributed by atoms with Gasteiger partial charge in [0.15, 0.2) is 0 Å². The SMILES string of the molecule is O=C(Nc1n[nH]c(C(F)(F)F)n1)C1CC12CCNCC2. The van der Waals surface area contributed by atoms with Gasteiger partial charge in [-0.2, -0.15) is 18.2 Å². The Morgan fingerprint density at radius 3 is 2.65 bits per heavy atom. The Kier molecular flexibility index (Phi) is 2.96. The lowest BCUT2D eigenvalue weighted by molar-refractivity contribution is -0.144. The number of carbonyl (C=O) groups excluding carboxylic acids is 1. The molecule has 0 aromatic carbocycles. The first-order chi connectivity index (χ1) is 9.41. The van der Waals surface area contributed by atoms with Crippen molar-refractivity contribution in [3.05, 3.63) is 5.82 Å². The number of halogens is 3. The van der Waals surface area contributed by atoms with Gasteiger partial charge in [0.1, 0.15) is 0 Å². The summed E-state index contributed by atoms with van der Waals surface area (Å²) in [6.07, 6.45) is -1.96. The van der Waals surface area contributed by atoms with Crippen LogP contribution in [0.2, 0.25) is 0 Å². The molecule has 2 fully saturated rings. The molecule has 1 unspecified atom stereocenters. The van der Waals surface area contributed by atoms with Crippen LogP contribution in [0.25, 0.3) is 0 Å². The second-order valence-corrected chi connectivity index (χ2v) is 5.36. The quantitative estimate of drug-likeness (QED) is 0.763. The number of carbonyl (C=O) groups is 1. The summed E-state index contributed by atoms with van der Waals surface area (Å²) in [5.41, 5.74) is 0.0263. The number of hydrogen-bond acceptors (Lipinski definition) is 4. The van der Waals surface area contributed by atoms with Crippen molar-refractivity contribution < 1.29 is 18.0 Å². The normalized spacial score (nSPS) is 24.6. The number of rotatable bonds is 2. The van der Waals surface area contributed by atoms with E-state index in [0.717, 1.165) is 32.4 Å². The van der Waals surface area contributed by atoms with E-state index in [2.05, 4.69) is 20.7 Å². The Morgan fingerprint density at radius 2 is 2.05 bits per heavy atom. The van der Waals surface area contributed by atoms with E-state index in [4.69, 9.17) is 0 Å². The highest BCUT2D eigenvalue weighted by atomic mass is 19.4. The van der Waals surface area contributed by atoms with E-state index in [1.165, 1.54) is 0 Å². The maximum atomic E-state index is 12.3. The van der Waals surface area contributed by atoms with Crippen molar-refractivity contribution >= 4 is 11.9 Å². The molecule has 1 aromatic heterocycles. The minimum absolute atomic E-state index is 0.0263. The zero-order valence-electron chi connectivity index (χ0n) is 10.5. The molecular formula is C11H14F3N5O. The van der Waals surface area contributed by atoms with Gasteiger partial charge in [0.05, 0.1) is 0 Å². The van der Waals surface area contributed by atoms with Crippen molar-refractivity contribution in [1.82, 2.24) is 20.5 Å². The predicted molar refractivity (Wildman–Crippen MR) is 62.7 cm³/mol. The van der Waals surface area contributed by atoms with Crippen molar-refractivity contribution in [1.29, 1.82) is 0 Å². The van der Waals surface area contributed by atoms with Crippen LogP contribution in [0.4, 0.5) is 19.1 Å². The zero-order valence-corrected chi connectivity index (χ0v) is 10.5. The second-order valence-electron chi connectivity index (χ2n) is 5.36.